The van der Waals surface area contributed by atoms with Crippen molar-refractivity contribution in [3.63, 3.8) is 0 Å². The van der Waals surface area contributed by atoms with Gasteiger partial charge < -0.3 is 0 Å². The lowest BCUT2D eigenvalue weighted by Gasteiger charge is -1.99. The van der Waals surface area contributed by atoms with Crippen molar-refractivity contribution in [2.24, 2.45) is 11.8 Å². The minimum Gasteiger partial charge on any atom is -0.0654 e. The molecule has 0 aromatic carbocycles. The highest BCUT2D eigenvalue weighted by Gasteiger charge is 2.31. The van der Waals surface area contributed by atoms with Gasteiger partial charge in [0.25, 0.3) is 0 Å². The van der Waals surface area contributed by atoms with Gasteiger partial charge in [0.15, 0.2) is 0 Å². The fraction of sp³-hybridized carbons (Fsp3) is 1.00. The molecule has 0 saturated heterocycles. The summed E-state index contributed by atoms with van der Waals surface area (Å²) in [6.07, 6.45) is 11.8. The molecule has 0 N–H and O–H groups in total. The van der Waals surface area contributed by atoms with E-state index in [0.29, 0.717) is 0 Å². The third-order valence-electron chi connectivity index (χ3n) is 3.20. The Kier molecular flexibility index (Phi) is 4.72. The monoisotopic (exact) mass is 168 g/mol. The van der Waals surface area contributed by atoms with Crippen molar-refractivity contribution in [2.75, 3.05) is 0 Å². The van der Waals surface area contributed by atoms with Crippen molar-refractivity contribution in [2.45, 2.75) is 65.2 Å². The quantitative estimate of drug-likeness (QED) is 0.494. The van der Waals surface area contributed by atoms with E-state index >= 15 is 0 Å². The second-order valence-electron chi connectivity index (χ2n) is 4.53. The molecule has 0 heterocycles. The van der Waals surface area contributed by atoms with E-state index < -0.39 is 0 Å². The van der Waals surface area contributed by atoms with Gasteiger partial charge in [-0.05, 0) is 18.3 Å². The van der Waals surface area contributed by atoms with Gasteiger partial charge in [-0.1, -0.05) is 58.8 Å². The molecule has 72 valence electrons. The molecule has 0 spiro atoms. The highest BCUT2D eigenvalue weighted by atomic mass is 14.4. The maximum Gasteiger partial charge on any atom is -0.0386 e. The van der Waals surface area contributed by atoms with E-state index in [1.165, 1.54) is 51.4 Å². The predicted octanol–water partition coefficient (Wildman–Crippen LogP) is 4.39. The molecule has 0 aromatic rings. The molecule has 1 aliphatic rings. The fourth-order valence-electron chi connectivity index (χ4n) is 1.99. The number of rotatable bonds is 7. The normalized spacial score (nSPS) is 27.5. The van der Waals surface area contributed by atoms with Crippen LogP contribution in [0.2, 0.25) is 0 Å². The van der Waals surface area contributed by atoms with E-state index in [2.05, 4.69) is 13.8 Å². The zero-order chi connectivity index (χ0) is 8.81. The van der Waals surface area contributed by atoms with Crippen molar-refractivity contribution in [3.05, 3.63) is 0 Å². The van der Waals surface area contributed by atoms with Crippen LogP contribution in [0.3, 0.4) is 0 Å². The topological polar surface area (TPSA) is 0 Å². The summed E-state index contributed by atoms with van der Waals surface area (Å²) in [5.74, 6) is 2.19. The highest BCUT2D eigenvalue weighted by molar-refractivity contribution is 4.81. The van der Waals surface area contributed by atoms with Crippen LogP contribution in [0.4, 0.5) is 0 Å². The Morgan fingerprint density at radius 2 is 1.58 bits per heavy atom. The summed E-state index contributed by atoms with van der Waals surface area (Å²) < 4.78 is 0. The average molecular weight is 168 g/mol. The first-order valence-electron chi connectivity index (χ1n) is 5.84. The zero-order valence-corrected chi connectivity index (χ0v) is 8.81. The molecule has 1 fully saturated rings. The Morgan fingerprint density at radius 1 is 1.00 bits per heavy atom. The fourth-order valence-corrected chi connectivity index (χ4v) is 1.99. The molecule has 0 aromatic heterocycles. The summed E-state index contributed by atoms with van der Waals surface area (Å²) in [6, 6.07) is 0. The van der Waals surface area contributed by atoms with E-state index in [1.54, 1.807) is 0 Å². The minimum absolute atomic E-state index is 1.07. The van der Waals surface area contributed by atoms with Gasteiger partial charge in [0.2, 0.25) is 0 Å². The third-order valence-corrected chi connectivity index (χ3v) is 3.20. The third kappa shape index (κ3) is 4.13. The molecule has 1 unspecified atom stereocenters. The van der Waals surface area contributed by atoms with E-state index in [1.807, 2.05) is 0 Å². The molecule has 0 heteroatoms. The number of unbranched alkanes of at least 4 members (excludes halogenated alkanes) is 5. The van der Waals surface area contributed by atoms with Crippen LogP contribution in [0.15, 0.2) is 0 Å². The second kappa shape index (κ2) is 5.61. The van der Waals surface area contributed by atoms with Crippen molar-refractivity contribution in [1.29, 1.82) is 0 Å². The molecule has 1 saturated carbocycles. The van der Waals surface area contributed by atoms with Crippen LogP contribution in [0.25, 0.3) is 0 Å². The van der Waals surface area contributed by atoms with Crippen molar-refractivity contribution in [1.82, 2.24) is 0 Å². The van der Waals surface area contributed by atoms with Gasteiger partial charge in [0.1, 0.15) is 0 Å². The second-order valence-corrected chi connectivity index (χ2v) is 4.53. The van der Waals surface area contributed by atoms with E-state index in [4.69, 9.17) is 0 Å². The van der Waals surface area contributed by atoms with Gasteiger partial charge >= 0.3 is 0 Å². The van der Waals surface area contributed by atoms with Crippen molar-refractivity contribution < 1.29 is 0 Å². The van der Waals surface area contributed by atoms with Gasteiger partial charge in [0.05, 0.1) is 0 Å². The molecule has 1 aliphatic carbocycles. The summed E-state index contributed by atoms with van der Waals surface area (Å²) >= 11 is 0. The summed E-state index contributed by atoms with van der Waals surface area (Å²) in [7, 11) is 0. The van der Waals surface area contributed by atoms with Gasteiger partial charge in [-0.3, -0.25) is 0 Å². The Hall–Kier alpha value is 0. The first-order chi connectivity index (χ1) is 5.84. The highest BCUT2D eigenvalue weighted by Crippen LogP contribution is 2.41. The van der Waals surface area contributed by atoms with E-state index in [9.17, 15) is 0 Å². The average Bonchev–Trinajstić information content (AvgIpc) is 2.74. The summed E-state index contributed by atoms with van der Waals surface area (Å²) in [4.78, 5) is 0. The smallest absolute Gasteiger partial charge is 0.0386 e. The molecule has 12 heavy (non-hydrogen) atoms. The molecule has 1 rings (SSSR count). The van der Waals surface area contributed by atoms with Crippen LogP contribution in [0.1, 0.15) is 65.2 Å². The largest absolute Gasteiger partial charge is 0.0654 e. The van der Waals surface area contributed by atoms with Crippen LogP contribution in [-0.4, -0.2) is 0 Å². The van der Waals surface area contributed by atoms with Crippen molar-refractivity contribution >= 4 is 0 Å². The maximum atomic E-state index is 2.39. The molecule has 0 aliphatic heterocycles. The molecule has 0 nitrogen and oxygen atoms in total. The van der Waals surface area contributed by atoms with Crippen molar-refractivity contribution in [3.8, 4) is 0 Å². The van der Waals surface area contributed by atoms with Crippen LogP contribution >= 0.6 is 0 Å². The van der Waals surface area contributed by atoms with Gasteiger partial charge in [-0.2, -0.15) is 0 Å². The lowest BCUT2D eigenvalue weighted by molar-refractivity contribution is 0.555. The maximum absolute atomic E-state index is 2.39. The van der Waals surface area contributed by atoms with Crippen LogP contribution in [0.5, 0.6) is 0 Å². The van der Waals surface area contributed by atoms with Crippen LogP contribution in [0, 0.1) is 11.8 Å². The molecular formula is C12H24. The molecule has 0 bridgehead atoms. The Morgan fingerprint density at radius 3 is 2.17 bits per heavy atom. The standard InChI is InChI=1S/C12H24/c1-3-4-5-6-7-8-9-12-10-11(12)2/h11-12H,3-10H2,1-2H3/t11-,12?/m0/s1. The van der Waals surface area contributed by atoms with E-state index in [0.717, 1.165) is 11.8 Å². The molecular weight excluding hydrogens is 144 g/mol. The van der Waals surface area contributed by atoms with Gasteiger partial charge in [0, 0.05) is 0 Å². The number of hydrogen-bond acceptors (Lipinski definition) is 0. The Labute approximate surface area is 77.7 Å². The summed E-state index contributed by atoms with van der Waals surface area (Å²) in [6.45, 7) is 4.67. The lowest BCUT2D eigenvalue weighted by Crippen LogP contribution is -1.82. The summed E-state index contributed by atoms with van der Waals surface area (Å²) in [5.41, 5.74) is 0. The summed E-state index contributed by atoms with van der Waals surface area (Å²) in [5, 5.41) is 0. The SMILES string of the molecule is CCCCCCCCC1C[C@@H]1C. The number of hydrogen-bond donors (Lipinski definition) is 0. The molecule has 0 amide bonds. The van der Waals surface area contributed by atoms with Gasteiger partial charge in [-0.15, -0.1) is 0 Å². The Bertz CT molecular complexity index is 107. The molecule has 0 radical (unpaired) electrons. The predicted molar refractivity (Wildman–Crippen MR) is 55.3 cm³/mol. The zero-order valence-electron chi connectivity index (χ0n) is 8.81. The Balaban J connectivity index is 1.72. The van der Waals surface area contributed by atoms with Crippen LogP contribution in [-0.2, 0) is 0 Å². The van der Waals surface area contributed by atoms with Gasteiger partial charge in [-0.25, -0.2) is 0 Å². The van der Waals surface area contributed by atoms with E-state index in [-0.39, 0.29) is 0 Å². The first kappa shape index (κ1) is 10.1. The van der Waals surface area contributed by atoms with Crippen LogP contribution < -0.4 is 0 Å². The minimum atomic E-state index is 1.07. The first-order valence-corrected chi connectivity index (χ1v) is 5.84. The molecule has 2 atom stereocenters. The lowest BCUT2D eigenvalue weighted by atomic mass is 10.1.